The van der Waals surface area contributed by atoms with Gasteiger partial charge in [-0.05, 0) is 12.8 Å². The number of rotatable bonds is 1. The molecule has 0 radical (unpaired) electrons. The molecule has 1 saturated heterocycles. The summed E-state index contributed by atoms with van der Waals surface area (Å²) >= 11 is 0. The normalized spacial score (nSPS) is 16.5. The van der Waals surface area contributed by atoms with Crippen molar-refractivity contribution in [1.82, 2.24) is 4.98 Å². The van der Waals surface area contributed by atoms with Gasteiger partial charge in [0, 0.05) is 30.9 Å². The van der Waals surface area contributed by atoms with Gasteiger partial charge in [0.1, 0.15) is 11.6 Å². The molecule has 4 N–H and O–H groups in total. The van der Waals surface area contributed by atoms with Gasteiger partial charge in [-0.2, -0.15) is 0 Å². The van der Waals surface area contributed by atoms with E-state index in [9.17, 15) is 0 Å². The lowest BCUT2D eigenvalue weighted by atomic mass is 10.3. The van der Waals surface area contributed by atoms with Gasteiger partial charge in [0.05, 0.1) is 0 Å². The third kappa shape index (κ3) is 1.66. The highest BCUT2D eigenvalue weighted by atomic mass is 15.1. The number of anilines is 3. The van der Waals surface area contributed by atoms with Crippen LogP contribution in [0, 0.1) is 0 Å². The Kier molecular flexibility index (Phi) is 1.96. The number of nitrogens with zero attached hydrogens (tertiary/aromatic N) is 2. The van der Waals surface area contributed by atoms with E-state index < -0.39 is 0 Å². The highest BCUT2D eigenvalue weighted by molar-refractivity contribution is 5.59. The molecule has 0 amide bonds. The van der Waals surface area contributed by atoms with Crippen LogP contribution < -0.4 is 16.4 Å². The van der Waals surface area contributed by atoms with Crippen molar-refractivity contribution >= 4 is 17.3 Å². The van der Waals surface area contributed by atoms with E-state index in [-0.39, 0.29) is 0 Å². The Bertz CT molecular complexity index is 284. The summed E-state index contributed by atoms with van der Waals surface area (Å²) in [6.45, 7) is 2.20. The predicted molar refractivity (Wildman–Crippen MR) is 54.5 cm³/mol. The number of hydrogen-bond donors (Lipinski definition) is 2. The smallest absolute Gasteiger partial charge is 0.127 e. The summed E-state index contributed by atoms with van der Waals surface area (Å²) in [5, 5.41) is 0. The van der Waals surface area contributed by atoms with E-state index in [4.69, 9.17) is 11.5 Å². The van der Waals surface area contributed by atoms with Gasteiger partial charge >= 0.3 is 0 Å². The molecule has 1 aromatic rings. The van der Waals surface area contributed by atoms with Crippen molar-refractivity contribution in [2.75, 3.05) is 29.5 Å². The minimum atomic E-state index is 0.502. The van der Waals surface area contributed by atoms with E-state index in [0.29, 0.717) is 11.6 Å². The van der Waals surface area contributed by atoms with Gasteiger partial charge in [0.25, 0.3) is 0 Å². The van der Waals surface area contributed by atoms with Crippen molar-refractivity contribution in [2.45, 2.75) is 12.8 Å². The van der Waals surface area contributed by atoms with Crippen LogP contribution in [0.2, 0.25) is 0 Å². The van der Waals surface area contributed by atoms with Gasteiger partial charge in [-0.25, -0.2) is 4.98 Å². The molecular weight excluding hydrogens is 164 g/mol. The highest BCUT2D eigenvalue weighted by Gasteiger charge is 2.12. The zero-order chi connectivity index (χ0) is 9.26. The molecule has 1 aromatic heterocycles. The highest BCUT2D eigenvalue weighted by Crippen LogP contribution is 2.23. The molecule has 0 bridgehead atoms. The Balaban J connectivity index is 2.28. The lowest BCUT2D eigenvalue weighted by Gasteiger charge is -2.17. The van der Waals surface area contributed by atoms with Crippen LogP contribution in [-0.2, 0) is 0 Å². The van der Waals surface area contributed by atoms with Gasteiger partial charge in [-0.15, -0.1) is 0 Å². The first kappa shape index (κ1) is 8.16. The summed E-state index contributed by atoms with van der Waals surface area (Å²) in [6.07, 6.45) is 2.50. The zero-order valence-corrected chi connectivity index (χ0v) is 7.53. The second-order valence-corrected chi connectivity index (χ2v) is 3.37. The average molecular weight is 178 g/mol. The average Bonchev–Trinajstić information content (AvgIpc) is 2.53. The van der Waals surface area contributed by atoms with E-state index in [2.05, 4.69) is 9.88 Å². The molecule has 0 spiro atoms. The van der Waals surface area contributed by atoms with Gasteiger partial charge in [-0.1, -0.05) is 0 Å². The van der Waals surface area contributed by atoms with Crippen molar-refractivity contribution < 1.29 is 0 Å². The zero-order valence-electron chi connectivity index (χ0n) is 7.53. The van der Waals surface area contributed by atoms with Crippen molar-refractivity contribution in [3.8, 4) is 0 Å². The number of hydrogen-bond acceptors (Lipinski definition) is 4. The molecular formula is C9H14N4. The third-order valence-corrected chi connectivity index (χ3v) is 2.32. The summed E-state index contributed by atoms with van der Waals surface area (Å²) in [5.74, 6) is 1.00. The van der Waals surface area contributed by atoms with E-state index >= 15 is 0 Å². The molecule has 70 valence electrons. The maximum Gasteiger partial charge on any atom is 0.127 e. The lowest BCUT2D eigenvalue weighted by molar-refractivity contribution is 0.949. The molecule has 2 heterocycles. The summed E-state index contributed by atoms with van der Waals surface area (Å²) < 4.78 is 0. The quantitative estimate of drug-likeness (QED) is 0.669. The first-order valence-electron chi connectivity index (χ1n) is 4.54. The van der Waals surface area contributed by atoms with Crippen LogP contribution in [0.15, 0.2) is 12.1 Å². The number of aromatic nitrogens is 1. The molecule has 2 rings (SSSR count). The van der Waals surface area contributed by atoms with Crippen LogP contribution in [0.1, 0.15) is 12.8 Å². The minimum Gasteiger partial charge on any atom is -0.384 e. The van der Waals surface area contributed by atoms with Crippen molar-refractivity contribution in [2.24, 2.45) is 0 Å². The monoisotopic (exact) mass is 178 g/mol. The Morgan fingerprint density at radius 1 is 1.08 bits per heavy atom. The fourth-order valence-corrected chi connectivity index (χ4v) is 1.72. The molecule has 0 atom stereocenters. The Labute approximate surface area is 77.5 Å². The topological polar surface area (TPSA) is 68.2 Å². The van der Waals surface area contributed by atoms with Crippen molar-refractivity contribution in [3.05, 3.63) is 12.1 Å². The molecule has 0 aromatic carbocycles. The van der Waals surface area contributed by atoms with Crippen LogP contribution in [0.3, 0.4) is 0 Å². The van der Waals surface area contributed by atoms with Crippen LogP contribution >= 0.6 is 0 Å². The van der Waals surface area contributed by atoms with E-state index in [1.165, 1.54) is 12.8 Å². The minimum absolute atomic E-state index is 0.502. The van der Waals surface area contributed by atoms with Crippen molar-refractivity contribution in [1.29, 1.82) is 0 Å². The van der Waals surface area contributed by atoms with Crippen LogP contribution in [0.4, 0.5) is 17.3 Å². The Morgan fingerprint density at radius 3 is 2.15 bits per heavy atom. The molecule has 0 aliphatic carbocycles. The van der Waals surface area contributed by atoms with Gasteiger partial charge in [0.15, 0.2) is 0 Å². The van der Waals surface area contributed by atoms with Gasteiger partial charge in [0.2, 0.25) is 0 Å². The molecule has 1 aliphatic heterocycles. The second-order valence-electron chi connectivity index (χ2n) is 3.37. The first-order valence-corrected chi connectivity index (χ1v) is 4.54. The SMILES string of the molecule is Nc1cc(N2CCCC2)cc(N)n1. The molecule has 4 nitrogen and oxygen atoms in total. The van der Waals surface area contributed by atoms with E-state index in [0.717, 1.165) is 18.8 Å². The standard InChI is InChI=1S/C9H14N4/c10-8-5-7(6-9(11)12-8)13-3-1-2-4-13/h5-6H,1-4H2,(H4,10,11,12). The summed E-state index contributed by atoms with van der Waals surface area (Å²) in [6, 6.07) is 3.75. The molecule has 0 unspecified atom stereocenters. The van der Waals surface area contributed by atoms with Crippen LogP contribution in [0.5, 0.6) is 0 Å². The molecule has 0 saturated carbocycles. The fraction of sp³-hybridized carbons (Fsp3) is 0.444. The fourth-order valence-electron chi connectivity index (χ4n) is 1.72. The summed E-state index contributed by atoms with van der Waals surface area (Å²) in [5.41, 5.74) is 12.3. The largest absolute Gasteiger partial charge is 0.384 e. The summed E-state index contributed by atoms with van der Waals surface area (Å²) in [7, 11) is 0. The Hall–Kier alpha value is -1.45. The molecule has 1 fully saturated rings. The van der Waals surface area contributed by atoms with E-state index in [1.54, 1.807) is 0 Å². The van der Waals surface area contributed by atoms with E-state index in [1.807, 2.05) is 12.1 Å². The van der Waals surface area contributed by atoms with Gasteiger partial charge < -0.3 is 16.4 Å². The Morgan fingerprint density at radius 2 is 1.62 bits per heavy atom. The third-order valence-electron chi connectivity index (χ3n) is 2.32. The molecule has 1 aliphatic rings. The number of pyridine rings is 1. The molecule has 4 heteroatoms. The first-order chi connectivity index (χ1) is 6.25. The summed E-state index contributed by atoms with van der Waals surface area (Å²) in [4.78, 5) is 6.22. The van der Waals surface area contributed by atoms with Gasteiger partial charge in [-0.3, -0.25) is 0 Å². The maximum absolute atomic E-state index is 5.61. The van der Waals surface area contributed by atoms with Crippen LogP contribution in [-0.4, -0.2) is 18.1 Å². The number of nitrogens with two attached hydrogens (primary N) is 2. The molecule has 13 heavy (non-hydrogen) atoms. The maximum atomic E-state index is 5.61. The predicted octanol–water partition coefficient (Wildman–Crippen LogP) is 0.846. The van der Waals surface area contributed by atoms with Crippen molar-refractivity contribution in [3.63, 3.8) is 0 Å². The second kappa shape index (κ2) is 3.12. The van der Waals surface area contributed by atoms with Crippen LogP contribution in [0.25, 0.3) is 0 Å². The number of nitrogen functional groups attached to an aromatic ring is 2. The lowest BCUT2D eigenvalue weighted by Crippen LogP contribution is -2.18.